The molecule has 0 spiro atoms. The van der Waals surface area contributed by atoms with Crippen LogP contribution >= 0.6 is 0 Å². The van der Waals surface area contributed by atoms with Gasteiger partial charge < -0.3 is 9.84 Å². The Bertz CT molecular complexity index is 435. The van der Waals surface area contributed by atoms with Crippen molar-refractivity contribution in [2.45, 2.75) is 39.9 Å². The highest BCUT2D eigenvalue weighted by Crippen LogP contribution is 2.26. The first-order valence-corrected chi connectivity index (χ1v) is 5.91. The van der Waals surface area contributed by atoms with E-state index in [2.05, 4.69) is 18.2 Å². The normalized spacial score (nSPS) is 14.7. The number of rotatable bonds is 4. The molecule has 0 amide bonds. The van der Waals surface area contributed by atoms with E-state index in [1.54, 1.807) is 13.8 Å². The number of carbonyl (C=O) groups is 1. The van der Waals surface area contributed by atoms with Crippen molar-refractivity contribution in [3.8, 4) is 0 Å². The van der Waals surface area contributed by atoms with Gasteiger partial charge in [-0.25, -0.2) is 0 Å². The molecule has 1 aromatic carbocycles. The van der Waals surface area contributed by atoms with Gasteiger partial charge >= 0.3 is 5.97 Å². The van der Waals surface area contributed by atoms with Crippen molar-refractivity contribution in [1.82, 2.24) is 0 Å². The van der Waals surface area contributed by atoms with Crippen LogP contribution in [0.15, 0.2) is 18.2 Å². The molecule has 1 N–H and O–H groups in total. The van der Waals surface area contributed by atoms with Gasteiger partial charge in [-0.2, -0.15) is 0 Å². The molecule has 3 nitrogen and oxygen atoms in total. The van der Waals surface area contributed by atoms with E-state index in [1.165, 1.54) is 16.7 Å². The Morgan fingerprint density at radius 2 is 2.06 bits per heavy atom. The minimum atomic E-state index is -0.734. The van der Waals surface area contributed by atoms with E-state index >= 15 is 0 Å². The summed E-state index contributed by atoms with van der Waals surface area (Å²) in [6.07, 6.45) is 1.45. The third-order valence-corrected chi connectivity index (χ3v) is 3.40. The summed E-state index contributed by atoms with van der Waals surface area (Å²) in [5.41, 5.74) is 3.04. The number of aryl methyl sites for hydroxylation is 1. The molecule has 0 bridgehead atoms. The number of hydrogen-bond donors (Lipinski definition) is 1. The summed E-state index contributed by atoms with van der Waals surface area (Å²) in [4.78, 5) is 11.0. The highest BCUT2D eigenvalue weighted by molar-refractivity contribution is 5.73. The molecule has 1 heterocycles. The van der Waals surface area contributed by atoms with Gasteiger partial charge in [0.25, 0.3) is 0 Å². The quantitative estimate of drug-likeness (QED) is 0.871. The van der Waals surface area contributed by atoms with Crippen LogP contribution < -0.4 is 0 Å². The molecule has 3 heteroatoms. The lowest BCUT2D eigenvalue weighted by Crippen LogP contribution is -2.24. The van der Waals surface area contributed by atoms with Crippen molar-refractivity contribution in [2.75, 3.05) is 0 Å². The molecule has 1 aliphatic heterocycles. The van der Waals surface area contributed by atoms with Crippen LogP contribution in [0.3, 0.4) is 0 Å². The van der Waals surface area contributed by atoms with Crippen LogP contribution in [0.1, 0.15) is 37.0 Å². The zero-order valence-electron chi connectivity index (χ0n) is 10.3. The second-order valence-electron chi connectivity index (χ2n) is 5.28. The highest BCUT2D eigenvalue weighted by atomic mass is 16.5. The van der Waals surface area contributed by atoms with Crippen molar-refractivity contribution in [3.05, 3.63) is 34.9 Å². The standard InChI is InChI=1S/C14H18O3/c1-14(2,13(15)16)6-5-10-3-4-11-8-17-9-12(11)7-10/h3-4,7H,5-6,8-9H2,1-2H3,(H,15,16). The summed E-state index contributed by atoms with van der Waals surface area (Å²) in [7, 11) is 0. The van der Waals surface area contributed by atoms with Crippen molar-refractivity contribution in [3.63, 3.8) is 0 Å². The third-order valence-electron chi connectivity index (χ3n) is 3.40. The van der Waals surface area contributed by atoms with Gasteiger partial charge in [0, 0.05) is 0 Å². The largest absolute Gasteiger partial charge is 0.481 e. The number of carboxylic acid groups (broad SMARTS) is 1. The molecule has 0 saturated heterocycles. The highest BCUT2D eigenvalue weighted by Gasteiger charge is 2.26. The van der Waals surface area contributed by atoms with Gasteiger partial charge in [0.15, 0.2) is 0 Å². The van der Waals surface area contributed by atoms with Gasteiger partial charge in [-0.05, 0) is 43.4 Å². The topological polar surface area (TPSA) is 46.5 Å². The van der Waals surface area contributed by atoms with Crippen molar-refractivity contribution in [1.29, 1.82) is 0 Å². The summed E-state index contributed by atoms with van der Waals surface area (Å²) in [6.45, 7) is 4.93. The van der Waals surface area contributed by atoms with Crippen LogP contribution in [-0.4, -0.2) is 11.1 Å². The molecule has 17 heavy (non-hydrogen) atoms. The smallest absolute Gasteiger partial charge is 0.309 e. The van der Waals surface area contributed by atoms with Gasteiger partial charge in [-0.1, -0.05) is 18.2 Å². The van der Waals surface area contributed by atoms with Crippen molar-refractivity contribution in [2.24, 2.45) is 5.41 Å². The Kier molecular flexibility index (Phi) is 3.20. The Hall–Kier alpha value is -1.35. The van der Waals surface area contributed by atoms with E-state index in [0.29, 0.717) is 19.6 Å². The maximum Gasteiger partial charge on any atom is 0.309 e. The SMILES string of the molecule is CC(C)(CCc1ccc2c(c1)COC2)C(=O)O. The van der Waals surface area contributed by atoms with E-state index in [9.17, 15) is 4.79 Å². The number of aliphatic carboxylic acids is 1. The molecule has 0 aliphatic carbocycles. The second kappa shape index (κ2) is 4.49. The fourth-order valence-corrected chi connectivity index (χ4v) is 1.94. The zero-order valence-corrected chi connectivity index (χ0v) is 10.3. The number of ether oxygens (including phenoxy) is 1. The summed E-state index contributed by atoms with van der Waals surface area (Å²) < 4.78 is 5.36. The molecule has 0 atom stereocenters. The Balaban J connectivity index is 2.03. The fraction of sp³-hybridized carbons (Fsp3) is 0.500. The monoisotopic (exact) mass is 234 g/mol. The predicted octanol–water partition coefficient (Wildman–Crippen LogP) is 2.76. The van der Waals surface area contributed by atoms with Crippen LogP contribution in [-0.2, 0) is 29.2 Å². The van der Waals surface area contributed by atoms with Crippen LogP contribution in [0.25, 0.3) is 0 Å². The molecule has 0 radical (unpaired) electrons. The average molecular weight is 234 g/mol. The minimum absolute atomic E-state index is 0.655. The molecule has 1 aromatic rings. The van der Waals surface area contributed by atoms with Gasteiger partial charge in [0.1, 0.15) is 0 Å². The number of fused-ring (bicyclic) bond motifs is 1. The Labute approximate surface area is 101 Å². The maximum atomic E-state index is 11.0. The third kappa shape index (κ3) is 2.67. The molecule has 0 saturated carbocycles. The lowest BCUT2D eigenvalue weighted by Gasteiger charge is -2.18. The molecular formula is C14H18O3. The number of hydrogen-bond acceptors (Lipinski definition) is 2. The predicted molar refractivity (Wildman–Crippen MR) is 64.7 cm³/mol. The van der Waals surface area contributed by atoms with E-state index < -0.39 is 11.4 Å². The van der Waals surface area contributed by atoms with Crippen molar-refractivity contribution < 1.29 is 14.6 Å². The Morgan fingerprint density at radius 1 is 1.35 bits per heavy atom. The number of carboxylic acids is 1. The number of benzene rings is 1. The van der Waals surface area contributed by atoms with Crippen molar-refractivity contribution >= 4 is 5.97 Å². The van der Waals surface area contributed by atoms with Gasteiger partial charge in [-0.3, -0.25) is 4.79 Å². The van der Waals surface area contributed by atoms with Crippen LogP contribution in [0, 0.1) is 5.41 Å². The van der Waals surface area contributed by atoms with Gasteiger partial charge in [0.05, 0.1) is 18.6 Å². The summed E-state index contributed by atoms with van der Waals surface area (Å²) in [5, 5.41) is 9.05. The summed E-state index contributed by atoms with van der Waals surface area (Å²) in [6, 6.07) is 6.30. The van der Waals surface area contributed by atoms with E-state index in [4.69, 9.17) is 9.84 Å². The maximum absolute atomic E-state index is 11.0. The zero-order chi connectivity index (χ0) is 12.5. The second-order valence-corrected chi connectivity index (χ2v) is 5.28. The first kappa shape index (κ1) is 12.1. The summed E-state index contributed by atoms with van der Waals surface area (Å²) >= 11 is 0. The van der Waals surface area contributed by atoms with Gasteiger partial charge in [0.2, 0.25) is 0 Å². The summed E-state index contributed by atoms with van der Waals surface area (Å²) in [5.74, 6) is -0.734. The molecule has 0 unspecified atom stereocenters. The van der Waals surface area contributed by atoms with E-state index in [0.717, 1.165) is 6.42 Å². The van der Waals surface area contributed by atoms with E-state index in [1.807, 2.05) is 0 Å². The molecular weight excluding hydrogens is 216 g/mol. The average Bonchev–Trinajstić information content (AvgIpc) is 2.73. The minimum Gasteiger partial charge on any atom is -0.481 e. The fourth-order valence-electron chi connectivity index (χ4n) is 1.94. The molecule has 0 fully saturated rings. The van der Waals surface area contributed by atoms with E-state index in [-0.39, 0.29) is 0 Å². The van der Waals surface area contributed by atoms with Crippen LogP contribution in [0.4, 0.5) is 0 Å². The molecule has 0 aromatic heterocycles. The Morgan fingerprint density at radius 3 is 2.76 bits per heavy atom. The molecule has 2 rings (SSSR count). The first-order chi connectivity index (χ1) is 7.99. The lowest BCUT2D eigenvalue weighted by atomic mass is 9.86. The lowest BCUT2D eigenvalue weighted by molar-refractivity contribution is -0.147. The van der Waals surface area contributed by atoms with Gasteiger partial charge in [-0.15, -0.1) is 0 Å². The first-order valence-electron chi connectivity index (χ1n) is 5.91. The molecule has 92 valence electrons. The molecule has 1 aliphatic rings. The van der Waals surface area contributed by atoms with Crippen LogP contribution in [0.5, 0.6) is 0 Å². The van der Waals surface area contributed by atoms with Crippen LogP contribution in [0.2, 0.25) is 0 Å².